The molecule has 6 nitrogen and oxygen atoms in total. The van der Waals surface area contributed by atoms with E-state index in [-0.39, 0.29) is 24.0 Å². The first-order valence-electron chi connectivity index (χ1n) is 10.8. The van der Waals surface area contributed by atoms with Gasteiger partial charge >= 0.3 is 0 Å². The lowest BCUT2D eigenvalue weighted by molar-refractivity contribution is 0.0263. The highest BCUT2D eigenvalue weighted by Crippen LogP contribution is 2.30. The molecule has 1 N–H and O–H groups in total. The fraction of sp³-hybridized carbons (Fsp3) is 0.458. The zero-order valence-electron chi connectivity index (χ0n) is 18.7. The van der Waals surface area contributed by atoms with Crippen molar-refractivity contribution in [2.45, 2.75) is 39.3 Å². The SMILES string of the molecule is CCNC(=NCc1ccc(Oc2ccccc2OC)cc1)N1CCC(OCC)CC1.I. The topological polar surface area (TPSA) is 55.3 Å². The number of likely N-dealkylation sites (tertiary alicyclic amines) is 1. The first-order valence-corrected chi connectivity index (χ1v) is 10.8. The Bertz CT molecular complexity index is 806. The number of rotatable bonds is 8. The van der Waals surface area contributed by atoms with Crippen molar-refractivity contribution in [2.75, 3.05) is 33.4 Å². The predicted octanol–water partition coefficient (Wildman–Crippen LogP) is 5.07. The van der Waals surface area contributed by atoms with E-state index in [9.17, 15) is 0 Å². The first kappa shape index (κ1) is 25.3. The van der Waals surface area contributed by atoms with Crippen LogP contribution in [-0.4, -0.2) is 50.3 Å². The van der Waals surface area contributed by atoms with Crippen molar-refractivity contribution >= 4 is 29.9 Å². The highest BCUT2D eigenvalue weighted by Gasteiger charge is 2.21. The van der Waals surface area contributed by atoms with Crippen LogP contribution in [0.1, 0.15) is 32.3 Å². The number of hydrogen-bond acceptors (Lipinski definition) is 4. The van der Waals surface area contributed by atoms with Gasteiger partial charge in [-0.3, -0.25) is 0 Å². The molecule has 170 valence electrons. The van der Waals surface area contributed by atoms with Gasteiger partial charge in [-0.05, 0) is 56.5 Å². The molecule has 0 spiro atoms. The van der Waals surface area contributed by atoms with Gasteiger partial charge in [0, 0.05) is 26.2 Å². The fourth-order valence-electron chi connectivity index (χ4n) is 3.55. The minimum absolute atomic E-state index is 0. The summed E-state index contributed by atoms with van der Waals surface area (Å²) in [5.41, 5.74) is 1.14. The molecule has 2 aromatic rings. The third kappa shape index (κ3) is 7.57. The minimum atomic E-state index is 0. The number of ether oxygens (including phenoxy) is 3. The Morgan fingerprint density at radius 2 is 1.71 bits per heavy atom. The van der Waals surface area contributed by atoms with Gasteiger partial charge in [0.05, 0.1) is 19.8 Å². The summed E-state index contributed by atoms with van der Waals surface area (Å²) in [4.78, 5) is 7.18. The molecule has 1 aliphatic rings. The maximum Gasteiger partial charge on any atom is 0.194 e. The molecule has 1 heterocycles. The molecular weight excluding hydrogens is 505 g/mol. The van der Waals surface area contributed by atoms with E-state index in [2.05, 4.69) is 36.2 Å². The summed E-state index contributed by atoms with van der Waals surface area (Å²) in [6.07, 6.45) is 2.48. The van der Waals surface area contributed by atoms with Crippen molar-refractivity contribution in [2.24, 2.45) is 4.99 Å². The van der Waals surface area contributed by atoms with Gasteiger partial charge in [-0.1, -0.05) is 24.3 Å². The van der Waals surface area contributed by atoms with E-state index in [4.69, 9.17) is 19.2 Å². The third-order valence-corrected chi connectivity index (χ3v) is 5.11. The molecule has 31 heavy (non-hydrogen) atoms. The Balaban J connectivity index is 0.00000341. The first-order chi connectivity index (χ1) is 14.7. The third-order valence-electron chi connectivity index (χ3n) is 5.11. The molecule has 0 unspecified atom stereocenters. The van der Waals surface area contributed by atoms with Gasteiger partial charge in [0.15, 0.2) is 17.5 Å². The summed E-state index contributed by atoms with van der Waals surface area (Å²) in [5.74, 6) is 3.17. The Labute approximate surface area is 203 Å². The van der Waals surface area contributed by atoms with E-state index in [0.29, 0.717) is 18.4 Å². The molecule has 0 saturated carbocycles. The number of halogens is 1. The van der Waals surface area contributed by atoms with E-state index in [0.717, 1.165) is 62.1 Å². The average Bonchev–Trinajstić information content (AvgIpc) is 2.79. The lowest BCUT2D eigenvalue weighted by Crippen LogP contribution is -2.47. The Morgan fingerprint density at radius 1 is 1.03 bits per heavy atom. The molecule has 0 radical (unpaired) electrons. The van der Waals surface area contributed by atoms with Gasteiger partial charge in [0.2, 0.25) is 0 Å². The summed E-state index contributed by atoms with van der Waals surface area (Å²) in [6.45, 7) is 8.38. The molecule has 0 aromatic heterocycles. The van der Waals surface area contributed by atoms with Gasteiger partial charge in [-0.2, -0.15) is 0 Å². The fourth-order valence-corrected chi connectivity index (χ4v) is 3.55. The highest BCUT2D eigenvalue weighted by molar-refractivity contribution is 14.0. The number of para-hydroxylation sites is 2. The average molecular weight is 539 g/mol. The maximum atomic E-state index is 5.95. The van der Waals surface area contributed by atoms with Crippen LogP contribution in [0.3, 0.4) is 0 Å². The zero-order chi connectivity index (χ0) is 21.2. The van der Waals surface area contributed by atoms with Crippen LogP contribution in [-0.2, 0) is 11.3 Å². The van der Waals surface area contributed by atoms with Crippen molar-refractivity contribution in [3.63, 3.8) is 0 Å². The smallest absolute Gasteiger partial charge is 0.194 e. The monoisotopic (exact) mass is 539 g/mol. The Hall–Kier alpha value is -2.00. The number of hydrogen-bond donors (Lipinski definition) is 1. The van der Waals surface area contributed by atoms with Gasteiger partial charge < -0.3 is 24.4 Å². The van der Waals surface area contributed by atoms with E-state index < -0.39 is 0 Å². The van der Waals surface area contributed by atoms with Crippen molar-refractivity contribution in [1.29, 1.82) is 0 Å². The van der Waals surface area contributed by atoms with Crippen molar-refractivity contribution < 1.29 is 14.2 Å². The van der Waals surface area contributed by atoms with Crippen LogP contribution in [0.4, 0.5) is 0 Å². The van der Waals surface area contributed by atoms with Gasteiger partial charge in [0.1, 0.15) is 5.75 Å². The number of methoxy groups -OCH3 is 1. The normalized spacial score (nSPS) is 14.7. The van der Waals surface area contributed by atoms with Crippen LogP contribution in [0.2, 0.25) is 0 Å². The Morgan fingerprint density at radius 3 is 2.32 bits per heavy atom. The molecule has 1 fully saturated rings. The molecule has 2 aromatic carbocycles. The van der Waals surface area contributed by atoms with Crippen molar-refractivity contribution in [3.05, 3.63) is 54.1 Å². The van der Waals surface area contributed by atoms with Gasteiger partial charge in [-0.25, -0.2) is 4.99 Å². The summed E-state index contributed by atoms with van der Waals surface area (Å²) >= 11 is 0. The van der Waals surface area contributed by atoms with Crippen molar-refractivity contribution in [1.82, 2.24) is 10.2 Å². The second kappa shape index (κ2) is 13.4. The number of guanidine groups is 1. The number of nitrogens with zero attached hydrogens (tertiary/aromatic N) is 2. The lowest BCUT2D eigenvalue weighted by atomic mass is 10.1. The van der Waals surface area contributed by atoms with Gasteiger partial charge in [0.25, 0.3) is 0 Å². The number of benzene rings is 2. The van der Waals surface area contributed by atoms with Gasteiger partial charge in [-0.15, -0.1) is 24.0 Å². The molecule has 0 amide bonds. The second-order valence-electron chi connectivity index (χ2n) is 7.21. The molecule has 0 aliphatic carbocycles. The van der Waals surface area contributed by atoms with E-state index in [1.165, 1.54) is 0 Å². The molecular formula is C24H34IN3O3. The van der Waals surface area contributed by atoms with Crippen LogP contribution in [0.25, 0.3) is 0 Å². The number of aliphatic imine (C=N–C) groups is 1. The molecule has 0 atom stereocenters. The Kier molecular flexibility index (Phi) is 10.9. The molecule has 7 heteroatoms. The molecule has 0 bridgehead atoms. The van der Waals surface area contributed by atoms with Crippen LogP contribution in [0, 0.1) is 0 Å². The summed E-state index contributed by atoms with van der Waals surface area (Å²) in [7, 11) is 1.64. The minimum Gasteiger partial charge on any atom is -0.493 e. The predicted molar refractivity (Wildman–Crippen MR) is 136 cm³/mol. The number of nitrogens with one attached hydrogen (secondary N) is 1. The number of piperidine rings is 1. The summed E-state index contributed by atoms with van der Waals surface area (Å²) in [6, 6.07) is 15.7. The zero-order valence-corrected chi connectivity index (χ0v) is 21.0. The van der Waals surface area contributed by atoms with Crippen molar-refractivity contribution in [3.8, 4) is 17.2 Å². The summed E-state index contributed by atoms with van der Waals surface area (Å²) in [5, 5.41) is 3.42. The molecule has 3 rings (SSSR count). The van der Waals surface area contributed by atoms with Crippen LogP contribution in [0.15, 0.2) is 53.5 Å². The standard InChI is InChI=1S/C24H33N3O3.HI/c1-4-25-24(27-16-14-20(15-17-27)29-5-2)26-18-19-10-12-21(13-11-19)30-23-9-7-6-8-22(23)28-3;/h6-13,20H,4-5,14-18H2,1-3H3,(H,25,26);1H. The van der Waals surface area contributed by atoms with Crippen LogP contribution >= 0.6 is 24.0 Å². The van der Waals surface area contributed by atoms with E-state index in [1.807, 2.05) is 36.4 Å². The van der Waals surface area contributed by atoms with E-state index in [1.54, 1.807) is 7.11 Å². The van der Waals surface area contributed by atoms with Crippen LogP contribution < -0.4 is 14.8 Å². The molecule has 1 saturated heterocycles. The van der Waals surface area contributed by atoms with Crippen LogP contribution in [0.5, 0.6) is 17.2 Å². The largest absolute Gasteiger partial charge is 0.493 e. The quantitative estimate of drug-likeness (QED) is 0.289. The summed E-state index contributed by atoms with van der Waals surface area (Å²) < 4.78 is 17.1. The maximum absolute atomic E-state index is 5.95. The van der Waals surface area contributed by atoms with E-state index >= 15 is 0 Å². The lowest BCUT2D eigenvalue weighted by Gasteiger charge is -2.34. The second-order valence-corrected chi connectivity index (χ2v) is 7.21. The molecule has 1 aliphatic heterocycles. The highest BCUT2D eigenvalue weighted by atomic mass is 127.